The van der Waals surface area contributed by atoms with Gasteiger partial charge in [0.15, 0.2) is 10.2 Å². The number of nitrogens with one attached hydrogen (secondary N) is 4. The van der Waals surface area contributed by atoms with E-state index in [-0.39, 0.29) is 0 Å². The molecule has 0 heterocycles. The molecule has 0 saturated heterocycles. The minimum atomic E-state index is 0.501. The predicted octanol–water partition coefficient (Wildman–Crippen LogP) is 0.485. The van der Waals surface area contributed by atoms with E-state index in [1.54, 1.807) is 0 Å². The maximum Gasteiger partial charge on any atom is 0.166 e. The molecule has 0 radical (unpaired) electrons. The minimum Gasteiger partial charge on any atom is -0.366 e. The van der Waals surface area contributed by atoms with Crippen molar-refractivity contribution in [3.63, 3.8) is 0 Å². The second kappa shape index (κ2) is 6.85. The molecular weight excluding hydrogens is 240 g/mol. The zero-order valence-corrected chi connectivity index (χ0v) is 11.4. The standard InChI is InChI=1S/C10H20N4S2/c1-11-9(15)13-7-3-5-8(6-4-7)14-10(16)12-2/h7-8H,3-6H2,1-2H3,(H2,11,13,15)(H2,12,14,16). The average Bonchev–Trinajstić information content (AvgIpc) is 2.31. The third kappa shape index (κ3) is 4.49. The van der Waals surface area contributed by atoms with Crippen molar-refractivity contribution in [2.45, 2.75) is 37.8 Å². The first-order valence-corrected chi connectivity index (χ1v) is 6.44. The zero-order chi connectivity index (χ0) is 12.0. The van der Waals surface area contributed by atoms with Gasteiger partial charge in [-0.05, 0) is 50.1 Å². The van der Waals surface area contributed by atoms with Crippen molar-refractivity contribution in [2.24, 2.45) is 0 Å². The molecule has 4 nitrogen and oxygen atoms in total. The van der Waals surface area contributed by atoms with Gasteiger partial charge in [-0.25, -0.2) is 0 Å². The van der Waals surface area contributed by atoms with E-state index >= 15 is 0 Å². The molecule has 1 aliphatic rings. The smallest absolute Gasteiger partial charge is 0.166 e. The number of hydrogen-bond donors (Lipinski definition) is 4. The molecule has 0 unspecified atom stereocenters. The van der Waals surface area contributed by atoms with Crippen LogP contribution in [0.2, 0.25) is 0 Å². The molecule has 0 aliphatic heterocycles. The van der Waals surface area contributed by atoms with Crippen LogP contribution in [0, 0.1) is 0 Å². The highest BCUT2D eigenvalue weighted by Crippen LogP contribution is 2.18. The Hall–Kier alpha value is -0.620. The van der Waals surface area contributed by atoms with E-state index in [1.165, 1.54) is 0 Å². The minimum absolute atomic E-state index is 0.501. The van der Waals surface area contributed by atoms with E-state index in [4.69, 9.17) is 24.4 Å². The van der Waals surface area contributed by atoms with Crippen LogP contribution in [0.3, 0.4) is 0 Å². The maximum absolute atomic E-state index is 5.09. The van der Waals surface area contributed by atoms with Crippen LogP contribution in [0.4, 0.5) is 0 Å². The molecule has 1 fully saturated rings. The number of rotatable bonds is 2. The first-order chi connectivity index (χ1) is 7.65. The normalized spacial score (nSPS) is 24.4. The Labute approximate surface area is 108 Å². The summed E-state index contributed by atoms with van der Waals surface area (Å²) in [6, 6.07) is 1.00. The van der Waals surface area contributed by atoms with Crippen LogP contribution in [-0.4, -0.2) is 36.4 Å². The zero-order valence-electron chi connectivity index (χ0n) is 9.80. The SMILES string of the molecule is CNC(=S)NC1CCC(NC(=S)NC)CC1. The van der Waals surface area contributed by atoms with Gasteiger partial charge in [-0.1, -0.05) is 0 Å². The Morgan fingerprint density at radius 3 is 1.38 bits per heavy atom. The Morgan fingerprint density at radius 2 is 1.12 bits per heavy atom. The Balaban J connectivity index is 2.23. The molecule has 16 heavy (non-hydrogen) atoms. The summed E-state index contributed by atoms with van der Waals surface area (Å²) in [5, 5.41) is 14.0. The lowest BCUT2D eigenvalue weighted by Gasteiger charge is -2.30. The Kier molecular flexibility index (Phi) is 5.76. The van der Waals surface area contributed by atoms with Crippen molar-refractivity contribution in [1.82, 2.24) is 21.3 Å². The van der Waals surface area contributed by atoms with Crippen molar-refractivity contribution in [1.29, 1.82) is 0 Å². The summed E-state index contributed by atoms with van der Waals surface area (Å²) in [6.07, 6.45) is 4.52. The molecule has 0 spiro atoms. The summed E-state index contributed by atoms with van der Waals surface area (Å²) >= 11 is 10.2. The summed E-state index contributed by atoms with van der Waals surface area (Å²) in [4.78, 5) is 0. The van der Waals surface area contributed by atoms with E-state index in [0.717, 1.165) is 35.9 Å². The summed E-state index contributed by atoms with van der Waals surface area (Å²) in [6.45, 7) is 0. The second-order valence-corrected chi connectivity index (χ2v) is 4.81. The van der Waals surface area contributed by atoms with Gasteiger partial charge in [0.1, 0.15) is 0 Å². The first kappa shape index (κ1) is 13.4. The molecule has 6 heteroatoms. The largest absolute Gasteiger partial charge is 0.366 e. The van der Waals surface area contributed by atoms with Crippen LogP contribution in [0.5, 0.6) is 0 Å². The van der Waals surface area contributed by atoms with Crippen LogP contribution in [0.1, 0.15) is 25.7 Å². The first-order valence-electron chi connectivity index (χ1n) is 5.62. The molecule has 1 aliphatic carbocycles. The van der Waals surface area contributed by atoms with Gasteiger partial charge in [0.25, 0.3) is 0 Å². The lowest BCUT2D eigenvalue weighted by molar-refractivity contribution is 0.354. The highest BCUT2D eigenvalue weighted by Gasteiger charge is 2.21. The van der Waals surface area contributed by atoms with Crippen molar-refractivity contribution in [3.05, 3.63) is 0 Å². The Bertz CT molecular complexity index is 223. The van der Waals surface area contributed by atoms with Gasteiger partial charge >= 0.3 is 0 Å². The van der Waals surface area contributed by atoms with E-state index < -0.39 is 0 Å². The van der Waals surface area contributed by atoms with Crippen LogP contribution >= 0.6 is 24.4 Å². The summed E-state index contributed by atoms with van der Waals surface area (Å²) in [5.74, 6) is 0. The lowest BCUT2D eigenvalue weighted by Crippen LogP contribution is -2.47. The summed E-state index contributed by atoms with van der Waals surface area (Å²) < 4.78 is 0. The third-order valence-corrected chi connectivity index (χ3v) is 3.50. The second-order valence-electron chi connectivity index (χ2n) is 4.00. The van der Waals surface area contributed by atoms with Gasteiger partial charge in [0.2, 0.25) is 0 Å². The molecule has 1 saturated carbocycles. The van der Waals surface area contributed by atoms with Gasteiger partial charge in [-0.3, -0.25) is 0 Å². The molecule has 0 aromatic carbocycles. The summed E-state index contributed by atoms with van der Waals surface area (Å²) in [5.41, 5.74) is 0. The topological polar surface area (TPSA) is 48.1 Å². The van der Waals surface area contributed by atoms with Crippen LogP contribution < -0.4 is 21.3 Å². The van der Waals surface area contributed by atoms with Crippen molar-refractivity contribution < 1.29 is 0 Å². The molecule has 92 valence electrons. The van der Waals surface area contributed by atoms with Gasteiger partial charge < -0.3 is 21.3 Å². The third-order valence-electron chi connectivity index (χ3n) is 2.85. The van der Waals surface area contributed by atoms with E-state index in [9.17, 15) is 0 Å². The molecule has 0 amide bonds. The van der Waals surface area contributed by atoms with E-state index in [1.807, 2.05) is 14.1 Å². The van der Waals surface area contributed by atoms with Crippen molar-refractivity contribution in [2.75, 3.05) is 14.1 Å². The highest BCUT2D eigenvalue weighted by molar-refractivity contribution is 7.80. The number of thiocarbonyl (C=S) groups is 2. The fourth-order valence-corrected chi connectivity index (χ4v) is 2.23. The molecule has 1 rings (SSSR count). The fourth-order valence-electron chi connectivity index (χ4n) is 1.90. The molecule has 4 N–H and O–H groups in total. The monoisotopic (exact) mass is 260 g/mol. The average molecular weight is 260 g/mol. The van der Waals surface area contributed by atoms with Crippen LogP contribution in [0.15, 0.2) is 0 Å². The van der Waals surface area contributed by atoms with Crippen LogP contribution in [0.25, 0.3) is 0 Å². The lowest BCUT2D eigenvalue weighted by atomic mass is 9.91. The van der Waals surface area contributed by atoms with Gasteiger partial charge in [0.05, 0.1) is 0 Å². The molecule has 0 aromatic rings. The molecule has 0 bridgehead atoms. The maximum atomic E-state index is 5.09. The number of hydrogen-bond acceptors (Lipinski definition) is 2. The molecular formula is C10H20N4S2. The van der Waals surface area contributed by atoms with E-state index in [2.05, 4.69) is 21.3 Å². The van der Waals surface area contributed by atoms with Crippen molar-refractivity contribution >= 4 is 34.7 Å². The van der Waals surface area contributed by atoms with E-state index in [0.29, 0.717) is 12.1 Å². The van der Waals surface area contributed by atoms with Gasteiger partial charge in [-0.2, -0.15) is 0 Å². The molecule has 0 aromatic heterocycles. The predicted molar refractivity (Wildman–Crippen MR) is 75.6 cm³/mol. The van der Waals surface area contributed by atoms with Crippen LogP contribution in [-0.2, 0) is 0 Å². The quantitative estimate of drug-likeness (QED) is 0.542. The van der Waals surface area contributed by atoms with Gasteiger partial charge in [0, 0.05) is 26.2 Å². The summed E-state index contributed by atoms with van der Waals surface area (Å²) in [7, 11) is 3.68. The Morgan fingerprint density at radius 1 is 0.812 bits per heavy atom. The van der Waals surface area contributed by atoms with Crippen molar-refractivity contribution in [3.8, 4) is 0 Å². The highest BCUT2D eigenvalue weighted by atomic mass is 32.1. The van der Waals surface area contributed by atoms with Gasteiger partial charge in [-0.15, -0.1) is 0 Å². The fraction of sp³-hybridized carbons (Fsp3) is 0.800. The molecule has 0 atom stereocenters.